The van der Waals surface area contributed by atoms with Gasteiger partial charge in [0.1, 0.15) is 17.8 Å². The Kier molecular flexibility index (Phi) is 2.49. The number of imidazole rings is 2. The van der Waals surface area contributed by atoms with Crippen LogP contribution in [0.2, 0.25) is 0 Å². The van der Waals surface area contributed by atoms with Gasteiger partial charge in [0.15, 0.2) is 11.5 Å². The van der Waals surface area contributed by atoms with E-state index < -0.39 is 0 Å². The first-order chi connectivity index (χ1) is 9.70. The minimum absolute atomic E-state index is 0.451. The fourth-order valence-corrected chi connectivity index (χ4v) is 3.41. The highest BCUT2D eigenvalue weighted by atomic mass is 79.9. The molecule has 3 heterocycles. The number of hydrogen-bond acceptors (Lipinski definition) is 4. The third kappa shape index (κ3) is 1.44. The summed E-state index contributed by atoms with van der Waals surface area (Å²) in [4.78, 5) is 4.66. The topological polar surface area (TPSA) is 66.7 Å². The van der Waals surface area contributed by atoms with Gasteiger partial charge in [-0.1, -0.05) is 0 Å². The molecule has 1 aromatic carbocycles. The first-order valence-corrected chi connectivity index (χ1v) is 7.15. The molecule has 0 atom stereocenters. The fraction of sp³-hybridized carbons (Fsp3) is 0.308. The molecule has 3 aromatic rings. The molecule has 0 saturated carbocycles. The molecule has 0 amide bonds. The summed E-state index contributed by atoms with van der Waals surface area (Å²) in [5.41, 5.74) is 8.65. The number of ether oxygens (including phenoxy) is 2. The molecule has 0 bridgehead atoms. The number of nitrogens with zero attached hydrogens (tertiary/aromatic N) is 3. The van der Waals surface area contributed by atoms with Crippen LogP contribution in [0.1, 0.15) is 5.69 Å². The van der Waals surface area contributed by atoms with Crippen LogP contribution in [0.4, 0.5) is 0 Å². The van der Waals surface area contributed by atoms with Gasteiger partial charge in [-0.05, 0) is 15.9 Å². The largest absolute Gasteiger partial charge is 0.486 e. The van der Waals surface area contributed by atoms with Crippen molar-refractivity contribution < 1.29 is 9.47 Å². The van der Waals surface area contributed by atoms with Gasteiger partial charge in [-0.2, -0.15) is 0 Å². The van der Waals surface area contributed by atoms with Gasteiger partial charge in [-0.15, -0.1) is 0 Å². The number of benzene rings is 1. The zero-order chi connectivity index (χ0) is 13.9. The van der Waals surface area contributed by atoms with Gasteiger partial charge in [0.2, 0.25) is 5.78 Å². The van der Waals surface area contributed by atoms with Gasteiger partial charge < -0.3 is 19.8 Å². The number of halogens is 1. The Balaban J connectivity index is 2.10. The quantitative estimate of drug-likeness (QED) is 0.736. The van der Waals surface area contributed by atoms with E-state index >= 15 is 0 Å². The van der Waals surface area contributed by atoms with Crippen molar-refractivity contribution >= 4 is 32.7 Å². The molecule has 0 saturated heterocycles. The van der Waals surface area contributed by atoms with Crippen LogP contribution in [0.25, 0.3) is 16.8 Å². The summed E-state index contributed by atoms with van der Waals surface area (Å²) >= 11 is 3.61. The lowest BCUT2D eigenvalue weighted by Crippen LogP contribution is -2.15. The fourth-order valence-electron chi connectivity index (χ4n) is 2.63. The SMILES string of the molecule is Cn1c(CN)c(Br)n2c3cc4c(cc3nc12)OCCO4. The van der Waals surface area contributed by atoms with E-state index in [9.17, 15) is 0 Å². The monoisotopic (exact) mass is 336 g/mol. The maximum Gasteiger partial charge on any atom is 0.215 e. The van der Waals surface area contributed by atoms with Crippen molar-refractivity contribution in [1.29, 1.82) is 0 Å². The molecular formula is C13H13BrN4O2. The lowest BCUT2D eigenvalue weighted by atomic mass is 10.2. The van der Waals surface area contributed by atoms with Crippen LogP contribution < -0.4 is 15.2 Å². The summed E-state index contributed by atoms with van der Waals surface area (Å²) in [5.74, 6) is 2.35. The molecule has 2 N–H and O–H groups in total. The van der Waals surface area contributed by atoms with Crippen molar-refractivity contribution in [2.24, 2.45) is 12.8 Å². The maximum absolute atomic E-state index is 5.79. The molecule has 0 radical (unpaired) electrons. The first-order valence-electron chi connectivity index (χ1n) is 6.35. The highest BCUT2D eigenvalue weighted by molar-refractivity contribution is 9.10. The summed E-state index contributed by atoms with van der Waals surface area (Å²) < 4.78 is 16.2. The van der Waals surface area contributed by atoms with Gasteiger partial charge >= 0.3 is 0 Å². The summed E-state index contributed by atoms with van der Waals surface area (Å²) in [6.45, 7) is 1.60. The average Bonchev–Trinajstić information content (AvgIpc) is 2.93. The molecule has 0 aliphatic carbocycles. The maximum atomic E-state index is 5.79. The summed E-state index contributed by atoms with van der Waals surface area (Å²) in [5, 5.41) is 0. The second-order valence-corrected chi connectivity index (χ2v) is 5.48. The zero-order valence-corrected chi connectivity index (χ0v) is 12.5. The smallest absolute Gasteiger partial charge is 0.215 e. The van der Waals surface area contributed by atoms with Crippen molar-refractivity contribution in [3.63, 3.8) is 0 Å². The van der Waals surface area contributed by atoms with Gasteiger partial charge in [0.05, 0.1) is 16.7 Å². The van der Waals surface area contributed by atoms with Crippen LogP contribution in [0.15, 0.2) is 16.7 Å². The van der Waals surface area contributed by atoms with Crippen molar-refractivity contribution in [3.05, 3.63) is 22.4 Å². The molecule has 2 aromatic heterocycles. The third-order valence-electron chi connectivity index (χ3n) is 3.63. The van der Waals surface area contributed by atoms with E-state index in [1.807, 2.05) is 28.1 Å². The van der Waals surface area contributed by atoms with E-state index in [0.717, 1.165) is 38.6 Å². The molecular weight excluding hydrogens is 324 g/mol. The van der Waals surface area contributed by atoms with Gasteiger partial charge in [-0.25, -0.2) is 4.98 Å². The standard InChI is InChI=1S/C13H13BrN4O2/c1-17-9(6-15)12(14)18-8-5-11-10(19-2-3-20-11)4-7(8)16-13(17)18/h4-5H,2-3,6,15H2,1H3. The van der Waals surface area contributed by atoms with Crippen LogP contribution in [-0.2, 0) is 13.6 Å². The van der Waals surface area contributed by atoms with Crippen LogP contribution in [0.5, 0.6) is 11.5 Å². The Morgan fingerprint density at radius 1 is 1.30 bits per heavy atom. The number of nitrogens with two attached hydrogens (primary N) is 1. The molecule has 4 rings (SSSR count). The van der Waals surface area contributed by atoms with Crippen LogP contribution in [0.3, 0.4) is 0 Å². The second kappa shape index (κ2) is 4.13. The van der Waals surface area contributed by atoms with E-state index in [2.05, 4.69) is 20.9 Å². The average molecular weight is 337 g/mol. The predicted molar refractivity (Wildman–Crippen MR) is 78.3 cm³/mol. The Morgan fingerprint density at radius 2 is 2.00 bits per heavy atom. The number of aryl methyl sites for hydroxylation is 1. The Morgan fingerprint density at radius 3 is 2.70 bits per heavy atom. The Bertz CT molecular complexity index is 836. The molecule has 0 fully saturated rings. The van der Waals surface area contributed by atoms with Crippen LogP contribution in [-0.4, -0.2) is 27.2 Å². The number of fused-ring (bicyclic) bond motifs is 4. The highest BCUT2D eigenvalue weighted by Crippen LogP contribution is 2.36. The highest BCUT2D eigenvalue weighted by Gasteiger charge is 2.20. The molecule has 1 aliphatic heterocycles. The van der Waals surface area contributed by atoms with E-state index in [-0.39, 0.29) is 0 Å². The van der Waals surface area contributed by atoms with E-state index in [1.165, 1.54) is 0 Å². The Hall–Kier alpha value is -1.73. The summed E-state index contributed by atoms with van der Waals surface area (Å²) in [6, 6.07) is 3.89. The van der Waals surface area contributed by atoms with Crippen molar-refractivity contribution in [2.45, 2.75) is 6.54 Å². The van der Waals surface area contributed by atoms with E-state index in [4.69, 9.17) is 15.2 Å². The van der Waals surface area contributed by atoms with Crippen molar-refractivity contribution in [3.8, 4) is 11.5 Å². The summed E-state index contributed by atoms with van der Waals surface area (Å²) in [6.07, 6.45) is 0. The Labute approximate surface area is 123 Å². The third-order valence-corrected chi connectivity index (χ3v) is 4.45. The molecule has 0 spiro atoms. The number of hydrogen-bond donors (Lipinski definition) is 1. The first kappa shape index (κ1) is 12.0. The molecule has 0 unspecified atom stereocenters. The van der Waals surface area contributed by atoms with Gasteiger partial charge in [0, 0.05) is 25.7 Å². The number of rotatable bonds is 1. The molecule has 1 aliphatic rings. The van der Waals surface area contributed by atoms with Crippen molar-refractivity contribution in [2.75, 3.05) is 13.2 Å². The van der Waals surface area contributed by atoms with E-state index in [1.54, 1.807) is 0 Å². The summed E-state index contributed by atoms with van der Waals surface area (Å²) in [7, 11) is 1.96. The molecule has 104 valence electrons. The van der Waals surface area contributed by atoms with Crippen LogP contribution >= 0.6 is 15.9 Å². The van der Waals surface area contributed by atoms with E-state index in [0.29, 0.717) is 19.8 Å². The lowest BCUT2D eigenvalue weighted by molar-refractivity contribution is 0.172. The minimum atomic E-state index is 0.451. The minimum Gasteiger partial charge on any atom is -0.486 e. The van der Waals surface area contributed by atoms with Gasteiger partial charge in [0.25, 0.3) is 0 Å². The number of aromatic nitrogens is 3. The van der Waals surface area contributed by atoms with Crippen LogP contribution in [0, 0.1) is 0 Å². The lowest BCUT2D eigenvalue weighted by Gasteiger charge is -2.17. The van der Waals surface area contributed by atoms with Crippen molar-refractivity contribution in [1.82, 2.24) is 14.0 Å². The zero-order valence-electron chi connectivity index (χ0n) is 10.9. The molecule has 7 heteroatoms. The molecule has 6 nitrogen and oxygen atoms in total. The second-order valence-electron chi connectivity index (χ2n) is 4.73. The normalized spacial score (nSPS) is 14.3. The van der Waals surface area contributed by atoms with Gasteiger partial charge in [-0.3, -0.25) is 4.40 Å². The molecule has 20 heavy (non-hydrogen) atoms. The predicted octanol–water partition coefficient (Wildman–Crippen LogP) is 1.82.